The van der Waals surface area contributed by atoms with Crippen molar-refractivity contribution in [2.75, 3.05) is 6.61 Å². The topological polar surface area (TPSA) is 69.9 Å². The molecule has 1 aliphatic heterocycles. The molecule has 0 radical (unpaired) electrons. The van der Waals surface area contributed by atoms with E-state index in [1.165, 1.54) is 34.1 Å². The van der Waals surface area contributed by atoms with E-state index in [2.05, 4.69) is 20.9 Å². The summed E-state index contributed by atoms with van der Waals surface area (Å²) in [7, 11) is 0. The van der Waals surface area contributed by atoms with E-state index in [-0.39, 0.29) is 30.2 Å². The number of aromatic nitrogens is 1. The summed E-state index contributed by atoms with van der Waals surface area (Å²) in [6, 6.07) is 16.6. The smallest absolute Gasteiger partial charge is 0.338 e. The third-order valence-electron chi connectivity index (χ3n) is 6.30. The highest BCUT2D eigenvalue weighted by molar-refractivity contribution is 9.10. The maximum atomic E-state index is 13.9. The molecule has 3 aromatic carbocycles. The lowest BCUT2D eigenvalue weighted by Gasteiger charge is -2.24. The number of nitrogens with zero attached hydrogens (tertiary/aromatic N) is 2. The molecule has 1 aromatic heterocycles. The quantitative estimate of drug-likeness (QED) is 0.258. The van der Waals surface area contributed by atoms with Crippen molar-refractivity contribution in [2.24, 2.45) is 4.99 Å². The zero-order valence-electron chi connectivity index (χ0n) is 21.5. The van der Waals surface area contributed by atoms with Crippen molar-refractivity contribution in [3.05, 3.63) is 130 Å². The van der Waals surface area contributed by atoms with E-state index in [0.29, 0.717) is 36.4 Å². The normalized spacial score (nSPS) is 15.0. The average molecular weight is 625 g/mol. The van der Waals surface area contributed by atoms with Crippen molar-refractivity contribution >= 4 is 39.3 Å². The lowest BCUT2D eigenvalue weighted by atomic mass is 9.96. The van der Waals surface area contributed by atoms with E-state index in [4.69, 9.17) is 9.47 Å². The monoisotopic (exact) mass is 624 g/mol. The van der Waals surface area contributed by atoms with Crippen LogP contribution < -0.4 is 19.6 Å². The molecular weight excluding hydrogens is 602 g/mol. The number of esters is 1. The zero-order chi connectivity index (χ0) is 28.4. The largest absolute Gasteiger partial charge is 0.488 e. The van der Waals surface area contributed by atoms with Gasteiger partial charge in [0.2, 0.25) is 0 Å². The van der Waals surface area contributed by atoms with Crippen LogP contribution in [0.4, 0.5) is 8.78 Å². The highest BCUT2D eigenvalue weighted by Crippen LogP contribution is 2.31. The van der Waals surface area contributed by atoms with E-state index >= 15 is 0 Å². The minimum atomic E-state index is -0.820. The van der Waals surface area contributed by atoms with Crippen LogP contribution in [-0.4, -0.2) is 17.1 Å². The Morgan fingerprint density at radius 3 is 2.58 bits per heavy atom. The first-order chi connectivity index (χ1) is 19.3. The fraction of sp³-hybridized carbons (Fsp3) is 0.167. The molecule has 2 heterocycles. The molecule has 10 heteroatoms. The molecule has 0 bridgehead atoms. The van der Waals surface area contributed by atoms with Gasteiger partial charge in [0.25, 0.3) is 5.56 Å². The third-order valence-corrected chi connectivity index (χ3v) is 7.90. The number of halogens is 3. The number of allylic oxidation sites excluding steroid dienone is 1. The van der Waals surface area contributed by atoms with Gasteiger partial charge in [-0.3, -0.25) is 9.36 Å². The number of hydrogen-bond acceptors (Lipinski definition) is 6. The van der Waals surface area contributed by atoms with Crippen molar-refractivity contribution < 1.29 is 23.0 Å². The van der Waals surface area contributed by atoms with Gasteiger partial charge in [0.05, 0.1) is 32.9 Å². The number of ether oxygens (including phenoxy) is 2. The summed E-state index contributed by atoms with van der Waals surface area (Å²) < 4.78 is 41.2. The summed E-state index contributed by atoms with van der Waals surface area (Å²) in [6.07, 6.45) is 1.72. The SMILES string of the molecule is CCOC(=O)C1=C(C)N=c2s/c(=C\c3ccc(OCc4ccccc4F)c(Br)c3)c(=O)n2[C@@H]1c1ccc(F)cc1. The molecule has 204 valence electrons. The Hall–Kier alpha value is -3.89. The number of carbonyl (C=O) groups excluding carboxylic acids is 1. The molecule has 1 atom stereocenters. The highest BCUT2D eigenvalue weighted by atomic mass is 79.9. The van der Waals surface area contributed by atoms with Gasteiger partial charge in [-0.1, -0.05) is 47.7 Å². The van der Waals surface area contributed by atoms with E-state index in [1.807, 2.05) is 0 Å². The maximum Gasteiger partial charge on any atom is 0.338 e. The van der Waals surface area contributed by atoms with Gasteiger partial charge in [0, 0.05) is 5.56 Å². The van der Waals surface area contributed by atoms with Gasteiger partial charge in [0.1, 0.15) is 24.0 Å². The molecule has 0 saturated carbocycles. The van der Waals surface area contributed by atoms with Gasteiger partial charge in [-0.15, -0.1) is 0 Å². The second kappa shape index (κ2) is 11.7. The van der Waals surface area contributed by atoms with Crippen LogP contribution >= 0.6 is 27.3 Å². The average Bonchev–Trinajstić information content (AvgIpc) is 3.23. The van der Waals surface area contributed by atoms with Gasteiger partial charge in [0.15, 0.2) is 4.80 Å². The van der Waals surface area contributed by atoms with Crippen LogP contribution in [0.3, 0.4) is 0 Å². The van der Waals surface area contributed by atoms with E-state index < -0.39 is 17.8 Å². The Kier molecular flexibility index (Phi) is 8.09. The number of hydrogen-bond donors (Lipinski definition) is 0. The molecule has 0 fully saturated rings. The number of benzene rings is 3. The third kappa shape index (κ3) is 5.55. The molecule has 0 N–H and O–H groups in total. The summed E-state index contributed by atoms with van der Waals surface area (Å²) in [6.45, 7) is 3.61. The Balaban J connectivity index is 1.53. The predicted molar refractivity (Wildman–Crippen MR) is 152 cm³/mol. The summed E-state index contributed by atoms with van der Waals surface area (Å²) in [4.78, 5) is 31.6. The summed E-state index contributed by atoms with van der Waals surface area (Å²) in [5.74, 6) is -0.831. The lowest BCUT2D eigenvalue weighted by molar-refractivity contribution is -0.139. The first-order valence-electron chi connectivity index (χ1n) is 12.4. The first kappa shape index (κ1) is 27.7. The van der Waals surface area contributed by atoms with Gasteiger partial charge >= 0.3 is 5.97 Å². The minimum absolute atomic E-state index is 0.0642. The van der Waals surface area contributed by atoms with Crippen LogP contribution in [0.2, 0.25) is 0 Å². The summed E-state index contributed by atoms with van der Waals surface area (Å²) >= 11 is 4.68. The number of carbonyl (C=O) groups is 1. The fourth-order valence-corrected chi connectivity index (χ4v) is 5.96. The predicted octanol–water partition coefficient (Wildman–Crippen LogP) is 5.42. The second-order valence-corrected chi connectivity index (χ2v) is 10.8. The van der Waals surface area contributed by atoms with E-state index in [9.17, 15) is 18.4 Å². The fourth-order valence-electron chi connectivity index (χ4n) is 4.40. The van der Waals surface area contributed by atoms with Gasteiger partial charge in [-0.25, -0.2) is 18.6 Å². The number of rotatable bonds is 7. The van der Waals surface area contributed by atoms with Gasteiger partial charge in [-0.05, 0) is 77.3 Å². The molecule has 6 nitrogen and oxygen atoms in total. The zero-order valence-corrected chi connectivity index (χ0v) is 23.9. The van der Waals surface area contributed by atoms with Crippen LogP contribution in [0, 0.1) is 11.6 Å². The van der Waals surface area contributed by atoms with Crippen molar-refractivity contribution in [1.82, 2.24) is 4.57 Å². The van der Waals surface area contributed by atoms with E-state index in [0.717, 1.165) is 5.56 Å². The van der Waals surface area contributed by atoms with Crippen LogP contribution in [0.1, 0.15) is 36.6 Å². The van der Waals surface area contributed by atoms with Crippen LogP contribution in [-0.2, 0) is 16.1 Å². The molecule has 0 unspecified atom stereocenters. The van der Waals surface area contributed by atoms with Crippen LogP contribution in [0.25, 0.3) is 6.08 Å². The molecule has 0 spiro atoms. The Morgan fingerprint density at radius 1 is 1.12 bits per heavy atom. The maximum absolute atomic E-state index is 13.9. The van der Waals surface area contributed by atoms with E-state index in [1.54, 1.807) is 68.5 Å². The molecule has 0 amide bonds. The van der Waals surface area contributed by atoms with Crippen molar-refractivity contribution in [3.8, 4) is 5.75 Å². The summed E-state index contributed by atoms with van der Waals surface area (Å²) in [5, 5.41) is 0. The Morgan fingerprint density at radius 2 is 1.88 bits per heavy atom. The molecule has 0 aliphatic carbocycles. The Bertz CT molecular complexity index is 1810. The van der Waals surface area contributed by atoms with Crippen molar-refractivity contribution in [2.45, 2.75) is 26.5 Å². The molecule has 40 heavy (non-hydrogen) atoms. The minimum Gasteiger partial charge on any atom is -0.488 e. The highest BCUT2D eigenvalue weighted by Gasteiger charge is 2.33. The molecule has 1 aliphatic rings. The van der Waals surface area contributed by atoms with Gasteiger partial charge < -0.3 is 9.47 Å². The van der Waals surface area contributed by atoms with Crippen LogP contribution in [0.15, 0.2) is 92.3 Å². The lowest BCUT2D eigenvalue weighted by Crippen LogP contribution is -2.39. The van der Waals surface area contributed by atoms with Crippen LogP contribution in [0.5, 0.6) is 5.75 Å². The Labute approximate surface area is 240 Å². The molecule has 4 aromatic rings. The van der Waals surface area contributed by atoms with Gasteiger partial charge in [-0.2, -0.15) is 0 Å². The number of thiazole rings is 1. The number of fused-ring (bicyclic) bond motifs is 1. The second-order valence-electron chi connectivity index (χ2n) is 8.92. The first-order valence-corrected chi connectivity index (χ1v) is 14.0. The molecule has 0 saturated heterocycles. The molecular formula is C30H23BrF2N2O4S. The van der Waals surface area contributed by atoms with Crippen molar-refractivity contribution in [1.29, 1.82) is 0 Å². The molecule has 5 rings (SSSR count). The standard InChI is InChI=1S/C30H23BrF2N2O4S/c1-3-38-29(37)26-17(2)34-30-35(27(26)19-9-11-21(32)12-10-19)28(36)25(40-30)15-18-8-13-24(22(31)14-18)39-16-20-6-4-5-7-23(20)33/h4-15,27H,3,16H2,1-2H3/b25-15-/t27-/m1/s1. The van der Waals surface area contributed by atoms with Crippen molar-refractivity contribution in [3.63, 3.8) is 0 Å². The summed E-state index contributed by atoms with van der Waals surface area (Å²) in [5.41, 5.74) is 2.03.